The smallest absolute Gasteiger partial charge is 0.0972 e. The Balaban J connectivity index is 1.93. The lowest BCUT2D eigenvalue weighted by Gasteiger charge is -2.20. The van der Waals surface area contributed by atoms with Crippen LogP contribution in [-0.4, -0.2) is 16.0 Å². The number of aromatic amines is 1. The van der Waals surface area contributed by atoms with Crippen LogP contribution < -0.4 is 5.73 Å². The summed E-state index contributed by atoms with van der Waals surface area (Å²) in [5.74, 6) is 1.35. The van der Waals surface area contributed by atoms with E-state index in [4.69, 9.17) is 5.73 Å². The Kier molecular flexibility index (Phi) is 3.59. The van der Waals surface area contributed by atoms with Gasteiger partial charge in [-0.05, 0) is 19.8 Å². The van der Waals surface area contributed by atoms with E-state index in [1.54, 1.807) is 0 Å². The quantitative estimate of drug-likeness (QED) is 0.605. The maximum Gasteiger partial charge on any atom is 0.0972 e. The van der Waals surface area contributed by atoms with Gasteiger partial charge in [-0.2, -0.15) is 5.10 Å². The summed E-state index contributed by atoms with van der Waals surface area (Å²) in [5.41, 5.74) is 8.26. The van der Waals surface area contributed by atoms with Crippen LogP contribution >= 0.6 is 0 Å². The van der Waals surface area contributed by atoms with Crippen LogP contribution in [0.5, 0.6) is 0 Å². The molecule has 0 amide bonds. The molecule has 1 aliphatic carbocycles. The maximum atomic E-state index is 6.03. The first kappa shape index (κ1) is 11.2. The van der Waals surface area contributed by atoms with E-state index in [9.17, 15) is 0 Å². The molecule has 88 valence electrons. The molecule has 1 heterocycles. The van der Waals surface area contributed by atoms with Crippen LogP contribution in [0.2, 0.25) is 0 Å². The Hall–Kier alpha value is -1.32. The number of aryl methyl sites for hydroxylation is 1. The topological polar surface area (TPSA) is 67.1 Å². The fourth-order valence-corrected chi connectivity index (χ4v) is 2.24. The summed E-state index contributed by atoms with van der Waals surface area (Å²) in [7, 11) is 0. The van der Waals surface area contributed by atoms with Crippen LogP contribution in [0.1, 0.15) is 43.4 Å². The molecule has 0 bridgehead atoms. The molecule has 0 spiro atoms. The number of nitrogens with one attached hydrogen (secondary N) is 1. The van der Waals surface area contributed by atoms with Gasteiger partial charge < -0.3 is 5.73 Å². The molecule has 0 unspecified atom stereocenters. The molecule has 0 radical (unpaired) electrons. The van der Waals surface area contributed by atoms with Gasteiger partial charge in [0.25, 0.3) is 0 Å². The number of aromatic nitrogens is 2. The Morgan fingerprint density at radius 1 is 1.50 bits per heavy atom. The van der Waals surface area contributed by atoms with E-state index >= 15 is 0 Å². The lowest BCUT2D eigenvalue weighted by atomic mass is 9.88. The number of H-pyrrole nitrogens is 1. The highest BCUT2D eigenvalue weighted by Crippen LogP contribution is 2.23. The fraction of sp³-hybridized carbons (Fsp3) is 0.667. The zero-order chi connectivity index (χ0) is 11.4. The zero-order valence-electron chi connectivity index (χ0n) is 9.87. The molecule has 0 aromatic carbocycles. The summed E-state index contributed by atoms with van der Waals surface area (Å²) in [6.07, 6.45) is 8.19. The number of aliphatic imine (C=N–C) groups is 1. The standard InChI is InChI=1S/C12H20N4/c1-9-11(8-15-16-9)7-14-12(13)10-5-3-2-4-6-10/h8,10H,2-7H2,1H3,(H2,13,14)(H,15,16). The summed E-state index contributed by atoms with van der Waals surface area (Å²) in [4.78, 5) is 4.49. The second-order valence-corrected chi connectivity index (χ2v) is 4.60. The first-order chi connectivity index (χ1) is 7.77. The number of nitrogens with two attached hydrogens (primary N) is 1. The van der Waals surface area contributed by atoms with E-state index in [0.29, 0.717) is 12.5 Å². The molecule has 1 aliphatic rings. The van der Waals surface area contributed by atoms with Crippen molar-refractivity contribution < 1.29 is 0 Å². The van der Waals surface area contributed by atoms with Gasteiger partial charge in [0.15, 0.2) is 0 Å². The normalized spacial score (nSPS) is 18.9. The van der Waals surface area contributed by atoms with Gasteiger partial charge in [0.05, 0.1) is 18.6 Å². The third kappa shape index (κ3) is 2.62. The monoisotopic (exact) mass is 220 g/mol. The van der Waals surface area contributed by atoms with Crippen molar-refractivity contribution in [3.05, 3.63) is 17.5 Å². The van der Waals surface area contributed by atoms with Gasteiger partial charge in [-0.25, -0.2) is 0 Å². The first-order valence-electron chi connectivity index (χ1n) is 6.06. The van der Waals surface area contributed by atoms with Crippen molar-refractivity contribution in [1.29, 1.82) is 0 Å². The van der Waals surface area contributed by atoms with Crippen molar-refractivity contribution in [2.45, 2.75) is 45.6 Å². The number of hydrogen-bond acceptors (Lipinski definition) is 2. The van der Waals surface area contributed by atoms with Gasteiger partial charge in [0.2, 0.25) is 0 Å². The molecule has 4 heteroatoms. The van der Waals surface area contributed by atoms with Crippen molar-refractivity contribution in [3.8, 4) is 0 Å². The molecule has 1 fully saturated rings. The predicted octanol–water partition coefficient (Wildman–Crippen LogP) is 2.16. The van der Waals surface area contributed by atoms with Crippen LogP contribution in [0.15, 0.2) is 11.2 Å². The van der Waals surface area contributed by atoms with Gasteiger partial charge in [0, 0.05) is 17.2 Å². The molecular weight excluding hydrogens is 200 g/mol. The highest BCUT2D eigenvalue weighted by Gasteiger charge is 2.16. The summed E-state index contributed by atoms with van der Waals surface area (Å²) < 4.78 is 0. The third-order valence-electron chi connectivity index (χ3n) is 3.39. The van der Waals surface area contributed by atoms with Crippen molar-refractivity contribution in [3.63, 3.8) is 0 Å². The molecule has 0 saturated heterocycles. The van der Waals surface area contributed by atoms with Gasteiger partial charge in [0.1, 0.15) is 0 Å². The minimum Gasteiger partial charge on any atom is -0.387 e. The third-order valence-corrected chi connectivity index (χ3v) is 3.39. The van der Waals surface area contributed by atoms with Gasteiger partial charge in [-0.3, -0.25) is 10.1 Å². The lowest BCUT2D eigenvalue weighted by molar-refractivity contribution is 0.436. The average Bonchev–Trinajstić information content (AvgIpc) is 2.73. The number of nitrogens with zero attached hydrogens (tertiary/aromatic N) is 2. The molecule has 1 aromatic rings. The lowest BCUT2D eigenvalue weighted by Crippen LogP contribution is -2.25. The molecule has 1 saturated carbocycles. The summed E-state index contributed by atoms with van der Waals surface area (Å²) in [5, 5.41) is 6.89. The molecule has 0 aliphatic heterocycles. The van der Waals surface area contributed by atoms with Crippen molar-refractivity contribution in [2.24, 2.45) is 16.6 Å². The summed E-state index contributed by atoms with van der Waals surface area (Å²) in [6.45, 7) is 2.67. The second kappa shape index (κ2) is 5.14. The van der Waals surface area contributed by atoms with Gasteiger partial charge in [-0.15, -0.1) is 0 Å². The number of rotatable bonds is 3. The Labute approximate surface area is 96.3 Å². The van der Waals surface area contributed by atoms with E-state index in [1.165, 1.54) is 32.1 Å². The zero-order valence-corrected chi connectivity index (χ0v) is 9.87. The molecule has 2 rings (SSSR count). The number of hydrogen-bond donors (Lipinski definition) is 2. The largest absolute Gasteiger partial charge is 0.387 e. The van der Waals surface area contributed by atoms with Crippen molar-refractivity contribution in [1.82, 2.24) is 10.2 Å². The maximum absolute atomic E-state index is 6.03. The van der Waals surface area contributed by atoms with Crippen LogP contribution in [0, 0.1) is 12.8 Å². The first-order valence-corrected chi connectivity index (χ1v) is 6.06. The molecule has 1 aromatic heterocycles. The predicted molar refractivity (Wildman–Crippen MR) is 65.2 cm³/mol. The van der Waals surface area contributed by atoms with E-state index in [1.807, 2.05) is 13.1 Å². The second-order valence-electron chi connectivity index (χ2n) is 4.60. The van der Waals surface area contributed by atoms with Crippen molar-refractivity contribution >= 4 is 5.84 Å². The Morgan fingerprint density at radius 3 is 2.88 bits per heavy atom. The van der Waals surface area contributed by atoms with Gasteiger partial charge >= 0.3 is 0 Å². The van der Waals surface area contributed by atoms with E-state index in [0.717, 1.165) is 17.1 Å². The van der Waals surface area contributed by atoms with Crippen molar-refractivity contribution in [2.75, 3.05) is 0 Å². The van der Waals surface area contributed by atoms with Crippen LogP contribution in [-0.2, 0) is 6.54 Å². The molecule has 3 N–H and O–H groups in total. The summed E-state index contributed by atoms with van der Waals surface area (Å²) >= 11 is 0. The Morgan fingerprint density at radius 2 is 2.25 bits per heavy atom. The highest BCUT2D eigenvalue weighted by atomic mass is 15.1. The fourth-order valence-electron chi connectivity index (χ4n) is 2.24. The minimum atomic E-state index is 0.515. The molecule has 16 heavy (non-hydrogen) atoms. The molecular formula is C12H20N4. The Bertz CT molecular complexity index is 361. The number of amidine groups is 1. The van der Waals surface area contributed by atoms with Crippen LogP contribution in [0.4, 0.5) is 0 Å². The molecule has 4 nitrogen and oxygen atoms in total. The van der Waals surface area contributed by atoms with Crippen LogP contribution in [0.25, 0.3) is 0 Å². The van der Waals surface area contributed by atoms with E-state index in [-0.39, 0.29) is 0 Å². The SMILES string of the molecule is Cc1[nH]ncc1CN=C(N)C1CCCCC1. The summed E-state index contributed by atoms with van der Waals surface area (Å²) in [6, 6.07) is 0. The van der Waals surface area contributed by atoms with E-state index in [2.05, 4.69) is 15.2 Å². The molecule has 0 atom stereocenters. The minimum absolute atomic E-state index is 0.515. The van der Waals surface area contributed by atoms with Gasteiger partial charge in [-0.1, -0.05) is 19.3 Å². The average molecular weight is 220 g/mol. The van der Waals surface area contributed by atoms with E-state index < -0.39 is 0 Å². The van der Waals surface area contributed by atoms with Crippen LogP contribution in [0.3, 0.4) is 0 Å². The highest BCUT2D eigenvalue weighted by molar-refractivity contribution is 5.82.